The SMILES string of the molecule is CCOC(=O)c1cc(I)c(OCc2ccc(Cl)cc2)c(OCC)c1. The lowest BCUT2D eigenvalue weighted by Crippen LogP contribution is -2.08. The highest BCUT2D eigenvalue weighted by molar-refractivity contribution is 14.1. The Morgan fingerprint density at radius 1 is 1.08 bits per heavy atom. The topological polar surface area (TPSA) is 44.8 Å². The Balaban J connectivity index is 2.24. The maximum atomic E-state index is 11.9. The van der Waals surface area contributed by atoms with E-state index in [-0.39, 0.29) is 5.97 Å². The quantitative estimate of drug-likeness (QED) is 0.426. The zero-order valence-electron chi connectivity index (χ0n) is 13.5. The van der Waals surface area contributed by atoms with Crippen molar-refractivity contribution in [2.75, 3.05) is 13.2 Å². The van der Waals surface area contributed by atoms with E-state index < -0.39 is 0 Å². The Hall–Kier alpha value is -1.47. The van der Waals surface area contributed by atoms with Crippen LogP contribution in [0.4, 0.5) is 0 Å². The lowest BCUT2D eigenvalue weighted by molar-refractivity contribution is 0.0525. The van der Waals surface area contributed by atoms with Crippen LogP contribution in [0.25, 0.3) is 0 Å². The minimum Gasteiger partial charge on any atom is -0.490 e. The van der Waals surface area contributed by atoms with Gasteiger partial charge in [0, 0.05) is 5.02 Å². The molecule has 2 rings (SSSR count). The standard InChI is InChI=1S/C18H18ClIO4/c1-3-22-16-10-13(18(21)23-4-2)9-15(20)17(16)24-11-12-5-7-14(19)8-6-12/h5-10H,3-4,11H2,1-2H3. The fourth-order valence-corrected chi connectivity index (χ4v) is 2.92. The normalized spacial score (nSPS) is 10.3. The van der Waals surface area contributed by atoms with Crippen molar-refractivity contribution in [3.63, 3.8) is 0 Å². The van der Waals surface area contributed by atoms with Gasteiger partial charge in [-0.15, -0.1) is 0 Å². The van der Waals surface area contributed by atoms with Gasteiger partial charge in [-0.3, -0.25) is 0 Å². The molecule has 0 aliphatic rings. The molecule has 0 aromatic heterocycles. The Kier molecular flexibility index (Phi) is 7.17. The van der Waals surface area contributed by atoms with Crippen molar-refractivity contribution in [2.45, 2.75) is 20.5 Å². The molecule has 4 nitrogen and oxygen atoms in total. The molecule has 2 aromatic rings. The molecule has 24 heavy (non-hydrogen) atoms. The molecule has 0 spiro atoms. The zero-order valence-corrected chi connectivity index (χ0v) is 16.4. The van der Waals surface area contributed by atoms with Gasteiger partial charge in [-0.25, -0.2) is 4.79 Å². The Bertz CT molecular complexity index is 701. The highest BCUT2D eigenvalue weighted by Crippen LogP contribution is 2.35. The van der Waals surface area contributed by atoms with Gasteiger partial charge < -0.3 is 14.2 Å². The van der Waals surface area contributed by atoms with Gasteiger partial charge in [-0.1, -0.05) is 23.7 Å². The zero-order chi connectivity index (χ0) is 17.5. The van der Waals surface area contributed by atoms with Crippen LogP contribution in [0.15, 0.2) is 36.4 Å². The first-order chi connectivity index (χ1) is 11.5. The largest absolute Gasteiger partial charge is 0.490 e. The number of rotatable bonds is 7. The molecule has 0 unspecified atom stereocenters. The fourth-order valence-electron chi connectivity index (χ4n) is 2.04. The number of halogens is 2. The molecule has 0 atom stereocenters. The summed E-state index contributed by atoms with van der Waals surface area (Å²) in [6.45, 7) is 4.84. The molecule has 0 bridgehead atoms. The van der Waals surface area contributed by atoms with E-state index in [9.17, 15) is 4.79 Å². The summed E-state index contributed by atoms with van der Waals surface area (Å²) in [4.78, 5) is 11.9. The van der Waals surface area contributed by atoms with E-state index in [1.54, 1.807) is 19.1 Å². The Labute approximate surface area is 160 Å². The molecule has 0 saturated heterocycles. The molecular formula is C18H18ClIO4. The Morgan fingerprint density at radius 3 is 2.42 bits per heavy atom. The summed E-state index contributed by atoms with van der Waals surface area (Å²) in [5.74, 6) is 0.766. The van der Waals surface area contributed by atoms with Gasteiger partial charge in [-0.2, -0.15) is 0 Å². The molecule has 0 aliphatic carbocycles. The van der Waals surface area contributed by atoms with Crippen molar-refractivity contribution >= 4 is 40.2 Å². The number of hydrogen-bond donors (Lipinski definition) is 0. The molecule has 0 aliphatic heterocycles. The maximum absolute atomic E-state index is 11.9. The summed E-state index contributed by atoms with van der Waals surface area (Å²) in [5, 5.41) is 0.683. The van der Waals surface area contributed by atoms with E-state index in [0.717, 1.165) is 9.13 Å². The molecular weight excluding hydrogens is 443 g/mol. The van der Waals surface area contributed by atoms with Gasteiger partial charge in [0.15, 0.2) is 11.5 Å². The van der Waals surface area contributed by atoms with Crippen LogP contribution in [-0.4, -0.2) is 19.2 Å². The third-order valence-electron chi connectivity index (χ3n) is 3.12. The van der Waals surface area contributed by atoms with Crippen LogP contribution < -0.4 is 9.47 Å². The van der Waals surface area contributed by atoms with Gasteiger partial charge in [0.25, 0.3) is 0 Å². The highest BCUT2D eigenvalue weighted by atomic mass is 127. The van der Waals surface area contributed by atoms with Crippen molar-refractivity contribution in [3.8, 4) is 11.5 Å². The smallest absolute Gasteiger partial charge is 0.338 e. The van der Waals surface area contributed by atoms with Gasteiger partial charge in [0.1, 0.15) is 6.61 Å². The van der Waals surface area contributed by atoms with Crippen LogP contribution >= 0.6 is 34.2 Å². The fraction of sp³-hybridized carbons (Fsp3) is 0.278. The summed E-state index contributed by atoms with van der Waals surface area (Å²) in [7, 11) is 0. The van der Waals surface area contributed by atoms with Crippen LogP contribution in [0.5, 0.6) is 11.5 Å². The number of esters is 1. The molecule has 0 radical (unpaired) electrons. The number of carbonyl (C=O) groups is 1. The minimum atomic E-state index is -0.374. The molecule has 0 saturated carbocycles. The molecule has 2 aromatic carbocycles. The van der Waals surface area contributed by atoms with Crippen molar-refractivity contribution in [3.05, 3.63) is 56.1 Å². The molecule has 6 heteroatoms. The lowest BCUT2D eigenvalue weighted by atomic mass is 10.2. The number of ether oxygens (including phenoxy) is 3. The van der Waals surface area contributed by atoms with Gasteiger partial charge in [0.2, 0.25) is 0 Å². The molecule has 0 N–H and O–H groups in total. The summed E-state index contributed by atoms with van der Waals surface area (Å²) >= 11 is 8.01. The number of hydrogen-bond acceptors (Lipinski definition) is 4. The monoisotopic (exact) mass is 460 g/mol. The van der Waals surface area contributed by atoms with Crippen molar-refractivity contribution < 1.29 is 19.0 Å². The van der Waals surface area contributed by atoms with E-state index in [1.165, 1.54) is 0 Å². The van der Waals surface area contributed by atoms with E-state index >= 15 is 0 Å². The summed E-state index contributed by atoms with van der Waals surface area (Å²) in [6, 6.07) is 10.8. The third-order valence-corrected chi connectivity index (χ3v) is 4.17. The van der Waals surface area contributed by atoms with E-state index in [1.807, 2.05) is 31.2 Å². The molecule has 0 fully saturated rings. The van der Waals surface area contributed by atoms with E-state index in [2.05, 4.69) is 22.6 Å². The second kappa shape index (κ2) is 9.13. The first kappa shape index (κ1) is 18.9. The Morgan fingerprint density at radius 2 is 1.79 bits per heavy atom. The average Bonchev–Trinajstić information content (AvgIpc) is 2.56. The first-order valence-electron chi connectivity index (χ1n) is 7.55. The van der Waals surface area contributed by atoms with Crippen LogP contribution in [0.3, 0.4) is 0 Å². The number of carbonyl (C=O) groups excluding carboxylic acids is 1. The number of benzene rings is 2. The first-order valence-corrected chi connectivity index (χ1v) is 9.01. The van der Waals surface area contributed by atoms with Crippen LogP contribution in [0, 0.1) is 3.57 Å². The average molecular weight is 461 g/mol. The van der Waals surface area contributed by atoms with Crippen molar-refractivity contribution in [2.24, 2.45) is 0 Å². The molecule has 0 amide bonds. The summed E-state index contributed by atoms with van der Waals surface area (Å²) in [5.41, 5.74) is 1.44. The lowest BCUT2D eigenvalue weighted by Gasteiger charge is -2.15. The van der Waals surface area contributed by atoms with Crippen LogP contribution in [-0.2, 0) is 11.3 Å². The van der Waals surface area contributed by atoms with Crippen molar-refractivity contribution in [1.29, 1.82) is 0 Å². The second-order valence-electron chi connectivity index (χ2n) is 4.85. The minimum absolute atomic E-state index is 0.328. The maximum Gasteiger partial charge on any atom is 0.338 e. The predicted molar refractivity (Wildman–Crippen MR) is 102 cm³/mol. The van der Waals surface area contributed by atoms with Crippen molar-refractivity contribution in [1.82, 2.24) is 0 Å². The van der Waals surface area contributed by atoms with Gasteiger partial charge in [-0.05, 0) is 66.3 Å². The second-order valence-corrected chi connectivity index (χ2v) is 6.45. The van der Waals surface area contributed by atoms with E-state index in [4.69, 9.17) is 25.8 Å². The highest BCUT2D eigenvalue weighted by Gasteiger charge is 2.17. The molecule has 128 valence electrons. The van der Waals surface area contributed by atoms with Gasteiger partial charge >= 0.3 is 5.97 Å². The van der Waals surface area contributed by atoms with Crippen LogP contribution in [0.2, 0.25) is 5.02 Å². The van der Waals surface area contributed by atoms with Crippen LogP contribution in [0.1, 0.15) is 29.8 Å². The van der Waals surface area contributed by atoms with Gasteiger partial charge in [0.05, 0.1) is 22.3 Å². The summed E-state index contributed by atoms with van der Waals surface area (Å²) in [6.07, 6.45) is 0. The molecule has 0 heterocycles. The summed E-state index contributed by atoms with van der Waals surface area (Å²) < 4.78 is 17.4. The predicted octanol–water partition coefficient (Wildman–Crippen LogP) is 5.10. The third kappa shape index (κ3) is 5.01. The van der Waals surface area contributed by atoms with E-state index in [0.29, 0.717) is 41.9 Å².